The van der Waals surface area contributed by atoms with Crippen LogP contribution in [0.5, 0.6) is 0 Å². The molecule has 0 radical (unpaired) electrons. The van der Waals surface area contributed by atoms with Crippen molar-refractivity contribution >= 4 is 17.5 Å². The first kappa shape index (κ1) is 14.4. The highest BCUT2D eigenvalue weighted by Crippen LogP contribution is 2.51. The van der Waals surface area contributed by atoms with Crippen LogP contribution in [0.15, 0.2) is 0 Å². The molecule has 0 amide bonds. The van der Waals surface area contributed by atoms with E-state index in [9.17, 15) is 10.1 Å². The van der Waals surface area contributed by atoms with E-state index in [-0.39, 0.29) is 28.6 Å². The molecule has 0 saturated heterocycles. The number of nitrogens with zero attached hydrogens (tertiary/aromatic N) is 3. The summed E-state index contributed by atoms with van der Waals surface area (Å²) in [4.78, 5) is 18.7. The van der Waals surface area contributed by atoms with E-state index in [0.29, 0.717) is 12.5 Å². The zero-order chi connectivity index (χ0) is 14.9. The predicted octanol–water partition coefficient (Wildman–Crippen LogP) is 1.83. The molecule has 0 spiro atoms. The molecule has 1 aromatic rings. The monoisotopic (exact) mass is 280 g/mol. The van der Waals surface area contributed by atoms with Crippen LogP contribution in [0.2, 0.25) is 0 Å². The van der Waals surface area contributed by atoms with Crippen LogP contribution in [0.1, 0.15) is 32.4 Å². The number of nitrogen functional groups attached to an aromatic ring is 1. The average molecular weight is 280 g/mol. The second-order valence-electron chi connectivity index (χ2n) is 5.60. The van der Waals surface area contributed by atoms with Crippen molar-refractivity contribution in [3.8, 4) is 0 Å². The van der Waals surface area contributed by atoms with Gasteiger partial charge in [-0.05, 0) is 31.1 Å². The number of nitro groups is 1. The van der Waals surface area contributed by atoms with Gasteiger partial charge in [-0.25, -0.2) is 10.8 Å². The van der Waals surface area contributed by atoms with Crippen molar-refractivity contribution in [2.24, 2.45) is 17.2 Å². The minimum Gasteiger partial charge on any atom is -0.364 e. The third-order valence-corrected chi connectivity index (χ3v) is 4.09. The summed E-state index contributed by atoms with van der Waals surface area (Å²) in [5.41, 5.74) is 2.74. The fourth-order valence-electron chi connectivity index (χ4n) is 2.35. The van der Waals surface area contributed by atoms with Crippen LogP contribution in [0, 0.1) is 28.4 Å². The number of nitrogens with two attached hydrogens (primary N) is 1. The molecular formula is C12H20N6O2. The molecule has 2 rings (SSSR count). The van der Waals surface area contributed by atoms with Crippen LogP contribution in [0.25, 0.3) is 0 Å². The van der Waals surface area contributed by atoms with Gasteiger partial charge in [-0.2, -0.15) is 4.98 Å². The Morgan fingerprint density at radius 2 is 2.10 bits per heavy atom. The highest BCUT2D eigenvalue weighted by atomic mass is 16.6. The number of aryl methyl sites for hydroxylation is 1. The maximum absolute atomic E-state index is 11.2. The fraction of sp³-hybridized carbons (Fsp3) is 0.667. The lowest BCUT2D eigenvalue weighted by Gasteiger charge is -2.20. The summed E-state index contributed by atoms with van der Waals surface area (Å²) >= 11 is 0. The second-order valence-corrected chi connectivity index (χ2v) is 5.60. The van der Waals surface area contributed by atoms with Crippen molar-refractivity contribution in [3.63, 3.8) is 0 Å². The molecule has 20 heavy (non-hydrogen) atoms. The summed E-state index contributed by atoms with van der Waals surface area (Å²) < 4.78 is 0. The van der Waals surface area contributed by atoms with Gasteiger partial charge in [0.2, 0.25) is 11.8 Å². The molecule has 1 heterocycles. The highest BCUT2D eigenvalue weighted by molar-refractivity contribution is 5.60. The van der Waals surface area contributed by atoms with Gasteiger partial charge in [0.05, 0.1) is 4.92 Å². The van der Waals surface area contributed by atoms with Crippen molar-refractivity contribution in [2.45, 2.75) is 33.6 Å². The van der Waals surface area contributed by atoms with Crippen LogP contribution in [-0.2, 0) is 0 Å². The van der Waals surface area contributed by atoms with Crippen molar-refractivity contribution in [1.82, 2.24) is 9.97 Å². The Kier molecular flexibility index (Phi) is 3.76. The van der Waals surface area contributed by atoms with Crippen molar-refractivity contribution < 1.29 is 4.92 Å². The first-order valence-electron chi connectivity index (χ1n) is 6.63. The number of hydrazine groups is 1. The summed E-state index contributed by atoms with van der Waals surface area (Å²) in [6.07, 6.45) is 2.27. The Bertz CT molecular complexity index is 527. The lowest BCUT2D eigenvalue weighted by atomic mass is 9.92. The van der Waals surface area contributed by atoms with E-state index < -0.39 is 4.92 Å². The molecule has 0 unspecified atom stereocenters. The van der Waals surface area contributed by atoms with Crippen LogP contribution < -0.4 is 16.6 Å². The van der Waals surface area contributed by atoms with E-state index in [0.717, 1.165) is 12.8 Å². The second kappa shape index (κ2) is 5.20. The van der Waals surface area contributed by atoms with Gasteiger partial charge in [0.15, 0.2) is 0 Å². The van der Waals surface area contributed by atoms with Crippen LogP contribution >= 0.6 is 0 Å². The highest BCUT2D eigenvalue weighted by Gasteiger charge is 2.45. The summed E-state index contributed by atoms with van der Waals surface area (Å²) in [7, 11) is 0. The molecule has 1 aromatic heterocycles. The Morgan fingerprint density at radius 3 is 2.55 bits per heavy atom. The van der Waals surface area contributed by atoms with Gasteiger partial charge in [-0.15, -0.1) is 0 Å². The molecule has 1 aliphatic rings. The minimum atomic E-state index is -0.465. The summed E-state index contributed by atoms with van der Waals surface area (Å²) in [6, 6.07) is 0. The third kappa shape index (κ3) is 2.64. The minimum absolute atomic E-state index is 0.0939. The number of anilines is 2. The average Bonchev–Trinajstić information content (AvgIpc) is 3.16. The molecule has 4 N–H and O–H groups in total. The number of rotatable bonds is 6. The molecule has 8 heteroatoms. The molecular weight excluding hydrogens is 260 g/mol. The Hall–Kier alpha value is -1.96. The van der Waals surface area contributed by atoms with Gasteiger partial charge in [0.1, 0.15) is 5.69 Å². The lowest BCUT2D eigenvalue weighted by Crippen LogP contribution is -2.22. The standard InChI is InChI=1S/C12H20N6O2/c1-7(2)12(4-5-12)6-14-10-9(18(19)20)8(3)15-11(16-10)17-13/h7H,4-6,13H2,1-3H3,(H2,14,15,16,17). The summed E-state index contributed by atoms with van der Waals surface area (Å²) in [6.45, 7) is 6.58. The van der Waals surface area contributed by atoms with Gasteiger partial charge >= 0.3 is 5.69 Å². The van der Waals surface area contributed by atoms with E-state index in [1.807, 2.05) is 0 Å². The molecule has 0 bridgehead atoms. The topological polar surface area (TPSA) is 119 Å². The van der Waals surface area contributed by atoms with Crippen LogP contribution in [0.4, 0.5) is 17.5 Å². The third-order valence-electron chi connectivity index (χ3n) is 4.09. The van der Waals surface area contributed by atoms with Crippen LogP contribution in [-0.4, -0.2) is 21.4 Å². The van der Waals surface area contributed by atoms with E-state index >= 15 is 0 Å². The van der Waals surface area contributed by atoms with Crippen molar-refractivity contribution in [3.05, 3.63) is 15.8 Å². The van der Waals surface area contributed by atoms with Gasteiger partial charge in [0, 0.05) is 6.54 Å². The number of aromatic nitrogens is 2. The van der Waals surface area contributed by atoms with Gasteiger partial charge in [-0.1, -0.05) is 13.8 Å². The van der Waals surface area contributed by atoms with E-state index in [1.54, 1.807) is 6.92 Å². The Balaban J connectivity index is 2.25. The Morgan fingerprint density at radius 1 is 1.45 bits per heavy atom. The van der Waals surface area contributed by atoms with Crippen molar-refractivity contribution in [2.75, 3.05) is 17.3 Å². The number of hydrogen-bond donors (Lipinski definition) is 3. The molecule has 8 nitrogen and oxygen atoms in total. The molecule has 0 aliphatic heterocycles. The van der Waals surface area contributed by atoms with Gasteiger partial charge in [-0.3, -0.25) is 15.5 Å². The first-order chi connectivity index (χ1) is 9.39. The summed E-state index contributed by atoms with van der Waals surface area (Å²) in [5, 5.41) is 14.3. The molecule has 1 aliphatic carbocycles. The van der Waals surface area contributed by atoms with E-state index in [1.165, 1.54) is 0 Å². The molecule has 1 fully saturated rings. The first-order valence-corrected chi connectivity index (χ1v) is 6.63. The van der Waals surface area contributed by atoms with E-state index in [2.05, 4.69) is 34.6 Å². The van der Waals surface area contributed by atoms with Gasteiger partial charge in [0.25, 0.3) is 0 Å². The zero-order valence-electron chi connectivity index (χ0n) is 11.9. The molecule has 0 atom stereocenters. The largest absolute Gasteiger partial charge is 0.364 e. The molecule has 0 aromatic carbocycles. The number of nitrogens with one attached hydrogen (secondary N) is 2. The van der Waals surface area contributed by atoms with Crippen LogP contribution in [0.3, 0.4) is 0 Å². The fourth-order valence-corrected chi connectivity index (χ4v) is 2.35. The normalized spacial score (nSPS) is 16.1. The Labute approximate surface area is 117 Å². The smallest absolute Gasteiger partial charge is 0.332 e. The molecule has 1 saturated carbocycles. The predicted molar refractivity (Wildman–Crippen MR) is 76.2 cm³/mol. The lowest BCUT2D eigenvalue weighted by molar-refractivity contribution is -0.385. The summed E-state index contributed by atoms with van der Waals surface area (Å²) in [5.74, 6) is 6.21. The number of hydrogen-bond acceptors (Lipinski definition) is 7. The maximum Gasteiger partial charge on any atom is 0.332 e. The quantitative estimate of drug-likeness (QED) is 0.413. The SMILES string of the molecule is Cc1nc(NN)nc(NCC2(C(C)C)CC2)c1[N+](=O)[O-]. The van der Waals surface area contributed by atoms with Gasteiger partial charge < -0.3 is 5.32 Å². The van der Waals surface area contributed by atoms with Crippen molar-refractivity contribution in [1.29, 1.82) is 0 Å². The maximum atomic E-state index is 11.2. The van der Waals surface area contributed by atoms with E-state index in [4.69, 9.17) is 5.84 Å². The zero-order valence-corrected chi connectivity index (χ0v) is 11.9. The molecule has 110 valence electrons.